The van der Waals surface area contributed by atoms with E-state index in [1.54, 1.807) is 4.90 Å². The lowest BCUT2D eigenvalue weighted by atomic mass is 10.0. The monoisotopic (exact) mass is 337 g/mol. The summed E-state index contributed by atoms with van der Waals surface area (Å²) in [5, 5.41) is 5.73. The Morgan fingerprint density at radius 2 is 1.68 bits per heavy atom. The number of urea groups is 1. The van der Waals surface area contributed by atoms with Gasteiger partial charge in [-0.1, -0.05) is 6.07 Å². The maximum absolute atomic E-state index is 12.3. The van der Waals surface area contributed by atoms with Crippen LogP contribution in [0, 0.1) is 13.8 Å². The van der Waals surface area contributed by atoms with Crippen LogP contribution in [0.3, 0.4) is 0 Å². The molecule has 0 radical (unpaired) electrons. The Morgan fingerprint density at radius 1 is 1.00 bits per heavy atom. The number of benzene rings is 2. The summed E-state index contributed by atoms with van der Waals surface area (Å²) in [7, 11) is 0. The molecule has 2 aromatic carbocycles. The van der Waals surface area contributed by atoms with E-state index in [0.29, 0.717) is 19.4 Å². The molecule has 5 heteroatoms. The highest BCUT2D eigenvalue weighted by molar-refractivity contribution is 6.01. The summed E-state index contributed by atoms with van der Waals surface area (Å²) < 4.78 is 0. The molecule has 1 aliphatic heterocycles. The Balaban J connectivity index is 1.73. The van der Waals surface area contributed by atoms with Crippen LogP contribution in [0.15, 0.2) is 36.4 Å². The molecule has 3 rings (SSSR count). The molecule has 0 saturated carbocycles. The van der Waals surface area contributed by atoms with Crippen molar-refractivity contribution in [1.29, 1.82) is 0 Å². The summed E-state index contributed by atoms with van der Waals surface area (Å²) >= 11 is 0. The van der Waals surface area contributed by atoms with E-state index in [2.05, 4.69) is 16.7 Å². The van der Waals surface area contributed by atoms with E-state index < -0.39 is 0 Å². The molecule has 2 N–H and O–H groups in total. The Morgan fingerprint density at radius 3 is 2.36 bits per heavy atom. The number of anilines is 3. The van der Waals surface area contributed by atoms with Crippen molar-refractivity contribution in [2.24, 2.45) is 0 Å². The van der Waals surface area contributed by atoms with Gasteiger partial charge in [0.2, 0.25) is 5.91 Å². The van der Waals surface area contributed by atoms with Crippen molar-refractivity contribution in [3.63, 3.8) is 0 Å². The van der Waals surface area contributed by atoms with Crippen LogP contribution < -0.4 is 15.5 Å². The van der Waals surface area contributed by atoms with Gasteiger partial charge in [-0.05, 0) is 74.2 Å². The van der Waals surface area contributed by atoms with Gasteiger partial charge in [-0.2, -0.15) is 0 Å². The largest absolute Gasteiger partial charge is 0.323 e. The lowest BCUT2D eigenvalue weighted by Crippen LogP contribution is -2.34. The predicted octanol–water partition coefficient (Wildman–Crippen LogP) is 4.25. The number of nitrogens with one attached hydrogen (secondary N) is 2. The highest BCUT2D eigenvalue weighted by Gasteiger charge is 2.22. The molecule has 0 spiro atoms. The third-order valence-corrected chi connectivity index (χ3v) is 4.33. The molecular weight excluding hydrogens is 314 g/mol. The summed E-state index contributed by atoms with van der Waals surface area (Å²) in [6.45, 7) is 6.63. The Bertz CT molecular complexity index is 809. The van der Waals surface area contributed by atoms with Crippen molar-refractivity contribution in [3.8, 4) is 0 Å². The summed E-state index contributed by atoms with van der Waals surface area (Å²) in [5.74, 6) is 0.156. The molecule has 0 bridgehead atoms. The van der Waals surface area contributed by atoms with Gasteiger partial charge in [0.1, 0.15) is 0 Å². The van der Waals surface area contributed by atoms with Gasteiger partial charge in [0.15, 0.2) is 0 Å². The molecule has 0 saturated heterocycles. The fourth-order valence-electron chi connectivity index (χ4n) is 3.32. The first-order chi connectivity index (χ1) is 12.0. The Labute approximate surface area is 148 Å². The third-order valence-electron chi connectivity index (χ3n) is 4.33. The topological polar surface area (TPSA) is 61.4 Å². The SMILES string of the molecule is CCN1C(=O)CCc2cc(NC(=O)Nc3cc(C)cc(C)c3)ccc21. The maximum Gasteiger partial charge on any atom is 0.323 e. The van der Waals surface area contributed by atoms with Crippen LogP contribution in [-0.2, 0) is 11.2 Å². The van der Waals surface area contributed by atoms with E-state index in [0.717, 1.165) is 33.8 Å². The normalized spacial score (nSPS) is 13.4. The predicted molar refractivity (Wildman–Crippen MR) is 101 cm³/mol. The zero-order chi connectivity index (χ0) is 18.0. The second kappa shape index (κ2) is 6.97. The van der Waals surface area contributed by atoms with E-state index in [4.69, 9.17) is 0 Å². The molecule has 0 unspecified atom stereocenters. The van der Waals surface area contributed by atoms with Crippen LogP contribution in [0.1, 0.15) is 30.0 Å². The van der Waals surface area contributed by atoms with E-state index in [1.165, 1.54) is 0 Å². The second-order valence-electron chi connectivity index (χ2n) is 6.44. The standard InChI is InChI=1S/C20H23N3O2/c1-4-23-18-7-6-16(12-15(18)5-8-19(23)24)21-20(25)22-17-10-13(2)9-14(3)11-17/h6-7,9-12H,4-5,8H2,1-3H3,(H2,21,22,25). The van der Waals surface area contributed by atoms with Crippen molar-refractivity contribution in [2.75, 3.05) is 22.1 Å². The number of hydrogen-bond acceptors (Lipinski definition) is 2. The highest BCUT2D eigenvalue weighted by atomic mass is 16.2. The zero-order valence-electron chi connectivity index (χ0n) is 14.8. The van der Waals surface area contributed by atoms with Crippen molar-refractivity contribution in [1.82, 2.24) is 0 Å². The van der Waals surface area contributed by atoms with Crippen LogP contribution in [0.4, 0.5) is 21.9 Å². The molecule has 0 aliphatic carbocycles. The van der Waals surface area contributed by atoms with Crippen LogP contribution >= 0.6 is 0 Å². The summed E-state index contributed by atoms with van der Waals surface area (Å²) in [6.07, 6.45) is 1.22. The van der Waals surface area contributed by atoms with Crippen molar-refractivity contribution < 1.29 is 9.59 Å². The van der Waals surface area contributed by atoms with Gasteiger partial charge in [-0.15, -0.1) is 0 Å². The smallest absolute Gasteiger partial charge is 0.312 e. The molecule has 3 amide bonds. The van der Waals surface area contributed by atoms with Gasteiger partial charge in [0.25, 0.3) is 0 Å². The molecule has 130 valence electrons. The van der Waals surface area contributed by atoms with E-state index in [9.17, 15) is 9.59 Å². The number of hydrogen-bond donors (Lipinski definition) is 2. The molecule has 2 aromatic rings. The third kappa shape index (κ3) is 3.82. The first kappa shape index (κ1) is 17.0. The van der Waals surface area contributed by atoms with Crippen LogP contribution in [0.5, 0.6) is 0 Å². The zero-order valence-corrected chi connectivity index (χ0v) is 14.8. The number of rotatable bonds is 3. The van der Waals surface area contributed by atoms with Crippen molar-refractivity contribution in [2.45, 2.75) is 33.6 Å². The van der Waals surface area contributed by atoms with E-state index in [1.807, 2.05) is 51.1 Å². The van der Waals surface area contributed by atoms with E-state index >= 15 is 0 Å². The van der Waals surface area contributed by atoms with Gasteiger partial charge < -0.3 is 15.5 Å². The van der Waals surface area contributed by atoms with Gasteiger partial charge in [0.05, 0.1) is 0 Å². The minimum absolute atomic E-state index is 0.156. The molecule has 0 atom stereocenters. The van der Waals surface area contributed by atoms with Gasteiger partial charge in [-0.25, -0.2) is 4.79 Å². The van der Waals surface area contributed by atoms with Gasteiger partial charge >= 0.3 is 6.03 Å². The first-order valence-electron chi connectivity index (χ1n) is 8.56. The number of amides is 3. The molecular formula is C20H23N3O2. The molecule has 1 aliphatic rings. The van der Waals surface area contributed by atoms with Crippen LogP contribution in [0.2, 0.25) is 0 Å². The van der Waals surface area contributed by atoms with Gasteiger partial charge in [0, 0.05) is 30.0 Å². The fourth-order valence-corrected chi connectivity index (χ4v) is 3.32. The molecule has 25 heavy (non-hydrogen) atoms. The number of nitrogens with zero attached hydrogens (tertiary/aromatic N) is 1. The molecule has 0 fully saturated rings. The number of carbonyl (C=O) groups is 2. The minimum atomic E-state index is -0.274. The van der Waals surface area contributed by atoms with Crippen LogP contribution in [0.25, 0.3) is 0 Å². The van der Waals surface area contributed by atoms with Crippen molar-refractivity contribution >= 4 is 29.0 Å². The highest BCUT2D eigenvalue weighted by Crippen LogP contribution is 2.30. The average Bonchev–Trinajstić information content (AvgIpc) is 2.53. The second-order valence-corrected chi connectivity index (χ2v) is 6.44. The van der Waals surface area contributed by atoms with Crippen molar-refractivity contribution in [3.05, 3.63) is 53.1 Å². The lowest BCUT2D eigenvalue weighted by molar-refractivity contribution is -0.118. The Kier molecular flexibility index (Phi) is 4.74. The number of aryl methyl sites for hydroxylation is 3. The van der Waals surface area contributed by atoms with Gasteiger partial charge in [-0.3, -0.25) is 4.79 Å². The first-order valence-corrected chi connectivity index (χ1v) is 8.56. The summed E-state index contributed by atoms with van der Waals surface area (Å²) in [5.41, 5.74) is 5.74. The fraction of sp³-hybridized carbons (Fsp3) is 0.300. The Hall–Kier alpha value is -2.82. The summed E-state index contributed by atoms with van der Waals surface area (Å²) in [4.78, 5) is 26.0. The molecule has 5 nitrogen and oxygen atoms in total. The van der Waals surface area contributed by atoms with Crippen LogP contribution in [-0.4, -0.2) is 18.5 Å². The lowest BCUT2D eigenvalue weighted by Gasteiger charge is -2.28. The molecule has 0 aromatic heterocycles. The summed E-state index contributed by atoms with van der Waals surface area (Å²) in [6, 6.07) is 11.3. The number of fused-ring (bicyclic) bond motifs is 1. The molecule has 1 heterocycles. The maximum atomic E-state index is 12.3. The minimum Gasteiger partial charge on any atom is -0.312 e. The number of carbonyl (C=O) groups excluding carboxylic acids is 2. The quantitative estimate of drug-likeness (QED) is 0.880. The van der Waals surface area contributed by atoms with E-state index in [-0.39, 0.29) is 11.9 Å². The average molecular weight is 337 g/mol.